The van der Waals surface area contributed by atoms with Crippen LogP contribution in [0.3, 0.4) is 0 Å². The van der Waals surface area contributed by atoms with E-state index in [1.54, 1.807) is 36.5 Å². The summed E-state index contributed by atoms with van der Waals surface area (Å²) in [5.74, 6) is -0.437. The fourth-order valence-corrected chi connectivity index (χ4v) is 3.38. The van der Waals surface area contributed by atoms with Crippen molar-refractivity contribution in [1.82, 2.24) is 14.8 Å². The number of anilines is 1. The predicted molar refractivity (Wildman–Crippen MR) is 102 cm³/mol. The van der Waals surface area contributed by atoms with Gasteiger partial charge in [-0.25, -0.2) is 0 Å². The second kappa shape index (κ2) is 7.00. The van der Waals surface area contributed by atoms with Crippen LogP contribution in [0.5, 0.6) is 0 Å². The Kier molecular flexibility index (Phi) is 4.62. The van der Waals surface area contributed by atoms with Crippen molar-refractivity contribution in [3.63, 3.8) is 0 Å². The summed E-state index contributed by atoms with van der Waals surface area (Å²) in [5, 5.41) is 6.03. The topological polar surface area (TPSA) is 72.2 Å². The van der Waals surface area contributed by atoms with Crippen LogP contribution in [0, 0.1) is 0 Å². The van der Waals surface area contributed by atoms with Gasteiger partial charge in [-0.3, -0.25) is 19.5 Å². The minimum atomic E-state index is -4.68. The van der Waals surface area contributed by atoms with Crippen LogP contribution >= 0.6 is 11.6 Å². The number of alkyl halides is 3. The molecular formula is C19H13ClF3N5O. The fraction of sp³-hybridized carbons (Fsp3) is 0.158. The molecule has 3 heterocycles. The Balaban J connectivity index is 1.74. The molecular weight excluding hydrogens is 407 g/mol. The van der Waals surface area contributed by atoms with Crippen LogP contribution in [0.2, 0.25) is 5.15 Å². The van der Waals surface area contributed by atoms with Crippen molar-refractivity contribution in [2.45, 2.75) is 12.6 Å². The maximum atomic E-state index is 13.4. The highest BCUT2D eigenvalue weighted by molar-refractivity contribution is 6.34. The van der Waals surface area contributed by atoms with E-state index in [2.05, 4.69) is 20.4 Å². The first kappa shape index (κ1) is 19.1. The number of pyridine rings is 1. The highest BCUT2D eigenvalue weighted by Gasteiger charge is 2.41. The number of nitrogens with one attached hydrogen (secondary N) is 1. The second-order valence-electron chi connectivity index (χ2n) is 6.38. The van der Waals surface area contributed by atoms with Crippen LogP contribution in [-0.4, -0.2) is 26.4 Å². The zero-order chi connectivity index (χ0) is 20.8. The molecule has 29 heavy (non-hydrogen) atoms. The lowest BCUT2D eigenvalue weighted by Crippen LogP contribution is -2.13. The first-order valence-electron chi connectivity index (χ1n) is 8.46. The lowest BCUT2D eigenvalue weighted by atomic mass is 10.0. The number of nitrogens with zero attached hydrogens (tertiary/aromatic N) is 4. The zero-order valence-corrected chi connectivity index (χ0v) is 15.7. The van der Waals surface area contributed by atoms with Crippen molar-refractivity contribution >= 4 is 34.6 Å². The molecule has 0 unspecified atom stereocenters. The number of rotatable bonds is 3. The molecule has 0 saturated heterocycles. The maximum absolute atomic E-state index is 13.4. The summed E-state index contributed by atoms with van der Waals surface area (Å²) >= 11 is 6.09. The van der Waals surface area contributed by atoms with Crippen LogP contribution in [-0.2, 0) is 19.6 Å². The lowest BCUT2D eigenvalue weighted by molar-refractivity contribution is -0.141. The maximum Gasteiger partial charge on any atom is 0.435 e. The highest BCUT2D eigenvalue weighted by Crippen LogP contribution is 2.39. The number of carbonyl (C=O) groups is 1. The zero-order valence-electron chi connectivity index (χ0n) is 15.0. The molecule has 1 aromatic carbocycles. The summed E-state index contributed by atoms with van der Waals surface area (Å²) in [4.78, 5) is 20.9. The Hall–Kier alpha value is -3.20. The number of hydrogen-bond acceptors (Lipinski definition) is 4. The summed E-state index contributed by atoms with van der Waals surface area (Å²) in [5.41, 5.74) is 0.437. The molecule has 3 aromatic rings. The van der Waals surface area contributed by atoms with Crippen LogP contribution in [0.15, 0.2) is 47.7 Å². The number of halogens is 4. The van der Waals surface area contributed by atoms with E-state index < -0.39 is 17.8 Å². The van der Waals surface area contributed by atoms with Crippen molar-refractivity contribution in [3.8, 4) is 0 Å². The van der Waals surface area contributed by atoms with Gasteiger partial charge in [0.15, 0.2) is 5.69 Å². The van der Waals surface area contributed by atoms with Crippen molar-refractivity contribution in [2.24, 2.45) is 12.0 Å². The summed E-state index contributed by atoms with van der Waals surface area (Å²) in [6, 6.07) is 8.28. The van der Waals surface area contributed by atoms with Gasteiger partial charge in [-0.1, -0.05) is 23.7 Å². The van der Waals surface area contributed by atoms with E-state index in [1.165, 1.54) is 13.2 Å². The monoisotopic (exact) mass is 419 g/mol. The van der Waals surface area contributed by atoms with E-state index in [-0.39, 0.29) is 28.4 Å². The van der Waals surface area contributed by atoms with Crippen LogP contribution in [0.1, 0.15) is 27.2 Å². The van der Waals surface area contributed by atoms with E-state index in [0.717, 1.165) is 4.68 Å². The molecule has 1 amide bonds. The fourth-order valence-electron chi connectivity index (χ4n) is 3.14. The summed E-state index contributed by atoms with van der Waals surface area (Å²) in [6.45, 7) is 0. The summed E-state index contributed by atoms with van der Waals surface area (Å²) in [7, 11) is 1.33. The molecule has 0 saturated carbocycles. The third-order valence-corrected chi connectivity index (χ3v) is 4.86. The smallest absolute Gasteiger partial charge is 0.321 e. The molecule has 1 N–H and O–H groups in total. The van der Waals surface area contributed by atoms with Gasteiger partial charge in [0.1, 0.15) is 5.15 Å². The number of aryl methyl sites for hydroxylation is 1. The van der Waals surface area contributed by atoms with Crippen LogP contribution < -0.4 is 5.32 Å². The summed E-state index contributed by atoms with van der Waals surface area (Å²) in [6.07, 6.45) is -1.51. The number of aliphatic imine (C=N–C) groups is 1. The standard InChI is InChI=1S/C19H13ClF3N5O/c1-28-17(20)14(16(27-28)19(21,22)23)13-8-10-4-2-6-12(15(10)26-13)18(29)25-11-5-3-7-24-9-11/h2-7,9H,8H2,1H3,(H,25,29). The average Bonchev–Trinajstić information content (AvgIpc) is 3.23. The van der Waals surface area contributed by atoms with E-state index in [4.69, 9.17) is 11.6 Å². The molecule has 0 aliphatic carbocycles. The number of carbonyl (C=O) groups excluding carboxylic acids is 1. The number of hydrogen-bond donors (Lipinski definition) is 1. The molecule has 6 nitrogen and oxygen atoms in total. The predicted octanol–water partition coefficient (Wildman–Crippen LogP) is 4.42. The normalized spacial score (nSPS) is 13.2. The van der Waals surface area contributed by atoms with E-state index in [0.29, 0.717) is 16.9 Å². The minimum absolute atomic E-state index is 0.109. The van der Waals surface area contributed by atoms with Crippen molar-refractivity contribution in [3.05, 3.63) is 70.3 Å². The van der Waals surface area contributed by atoms with Gasteiger partial charge in [-0.2, -0.15) is 18.3 Å². The van der Waals surface area contributed by atoms with Gasteiger partial charge < -0.3 is 5.32 Å². The van der Waals surface area contributed by atoms with Gasteiger partial charge in [0.25, 0.3) is 5.91 Å². The molecule has 0 spiro atoms. The van der Waals surface area contributed by atoms with Crippen molar-refractivity contribution in [2.75, 3.05) is 5.32 Å². The molecule has 10 heteroatoms. The highest BCUT2D eigenvalue weighted by atomic mass is 35.5. The number of benzene rings is 1. The van der Waals surface area contributed by atoms with Crippen molar-refractivity contribution in [1.29, 1.82) is 0 Å². The third-order valence-electron chi connectivity index (χ3n) is 4.42. The van der Waals surface area contributed by atoms with Gasteiger partial charge in [0.2, 0.25) is 0 Å². The van der Waals surface area contributed by atoms with Gasteiger partial charge in [0, 0.05) is 19.7 Å². The van der Waals surface area contributed by atoms with Crippen LogP contribution in [0.4, 0.5) is 24.5 Å². The first-order valence-corrected chi connectivity index (χ1v) is 8.84. The Bertz CT molecular complexity index is 1140. The molecule has 1 aliphatic heterocycles. The Morgan fingerprint density at radius 2 is 2.03 bits per heavy atom. The molecule has 4 rings (SSSR count). The molecule has 0 bridgehead atoms. The quantitative estimate of drug-likeness (QED) is 0.683. The van der Waals surface area contributed by atoms with E-state index in [9.17, 15) is 18.0 Å². The lowest BCUT2D eigenvalue weighted by Gasteiger charge is -2.07. The SMILES string of the molecule is Cn1nc(C(F)(F)F)c(C2=Nc3c(cccc3C(=O)Nc3cccnc3)C2)c1Cl. The van der Waals surface area contributed by atoms with Gasteiger partial charge >= 0.3 is 6.18 Å². The molecule has 148 valence electrons. The Morgan fingerprint density at radius 1 is 1.24 bits per heavy atom. The first-order chi connectivity index (χ1) is 13.8. The van der Waals surface area contributed by atoms with E-state index in [1.807, 2.05) is 0 Å². The number of fused-ring (bicyclic) bond motifs is 1. The summed E-state index contributed by atoms with van der Waals surface area (Å²) < 4.78 is 41.2. The largest absolute Gasteiger partial charge is 0.435 e. The molecule has 1 aliphatic rings. The number of para-hydroxylation sites is 1. The molecule has 0 radical (unpaired) electrons. The van der Waals surface area contributed by atoms with Crippen LogP contribution in [0.25, 0.3) is 0 Å². The van der Waals surface area contributed by atoms with Gasteiger partial charge in [-0.15, -0.1) is 0 Å². The Labute approximate surface area is 168 Å². The number of amides is 1. The molecule has 0 atom stereocenters. The minimum Gasteiger partial charge on any atom is -0.321 e. The van der Waals surface area contributed by atoms with Gasteiger partial charge in [-0.05, 0) is 23.8 Å². The van der Waals surface area contributed by atoms with Gasteiger partial charge in [0.05, 0.1) is 34.4 Å². The average molecular weight is 420 g/mol. The Morgan fingerprint density at radius 3 is 2.72 bits per heavy atom. The molecule has 0 fully saturated rings. The second-order valence-corrected chi connectivity index (χ2v) is 6.74. The van der Waals surface area contributed by atoms with E-state index >= 15 is 0 Å². The molecule has 2 aromatic heterocycles. The number of aromatic nitrogens is 3. The van der Waals surface area contributed by atoms with Crippen molar-refractivity contribution < 1.29 is 18.0 Å². The third kappa shape index (κ3) is 3.49.